The second kappa shape index (κ2) is 7.06. The third-order valence-corrected chi connectivity index (χ3v) is 7.81. The van der Waals surface area contributed by atoms with Crippen LogP contribution in [-0.2, 0) is 14.8 Å². The Kier molecular flexibility index (Phi) is 4.77. The number of amides is 1. The fraction of sp³-hybridized carbons (Fsp3) is 0.316. The lowest BCUT2D eigenvalue weighted by molar-refractivity contribution is -0.115. The van der Waals surface area contributed by atoms with Crippen molar-refractivity contribution in [3.8, 4) is 0 Å². The molecule has 2 aromatic rings. The number of rotatable bonds is 3. The minimum atomic E-state index is -3.57. The number of sulfonamides is 1. The number of benzene rings is 2. The molecule has 0 aromatic heterocycles. The van der Waals surface area contributed by atoms with Gasteiger partial charge in [-0.3, -0.25) is 4.79 Å². The molecule has 2 aliphatic rings. The van der Waals surface area contributed by atoms with Crippen LogP contribution in [-0.4, -0.2) is 37.5 Å². The maximum absolute atomic E-state index is 13.1. The molecule has 2 aliphatic heterocycles. The van der Waals surface area contributed by atoms with Gasteiger partial charge in [-0.25, -0.2) is 8.42 Å². The molecule has 0 saturated carbocycles. The molecule has 26 heavy (non-hydrogen) atoms. The number of nitrogens with one attached hydrogen (secondary N) is 1. The van der Waals surface area contributed by atoms with Crippen LogP contribution in [0.3, 0.4) is 0 Å². The quantitative estimate of drug-likeness (QED) is 0.876. The van der Waals surface area contributed by atoms with Crippen molar-refractivity contribution < 1.29 is 13.2 Å². The Morgan fingerprint density at radius 2 is 1.92 bits per heavy atom. The molecule has 0 radical (unpaired) electrons. The van der Waals surface area contributed by atoms with Crippen molar-refractivity contribution in [1.29, 1.82) is 0 Å². The molecule has 0 unspecified atom stereocenters. The molecule has 1 saturated heterocycles. The molecular weight excluding hydrogens is 368 g/mol. The highest BCUT2D eigenvalue weighted by molar-refractivity contribution is 7.99. The summed E-state index contributed by atoms with van der Waals surface area (Å²) in [6.45, 7) is 1.00. The van der Waals surface area contributed by atoms with Crippen LogP contribution >= 0.6 is 11.8 Å². The first-order valence-electron chi connectivity index (χ1n) is 8.66. The van der Waals surface area contributed by atoms with Gasteiger partial charge in [0.1, 0.15) is 0 Å². The topological polar surface area (TPSA) is 66.5 Å². The second-order valence-corrected chi connectivity index (χ2v) is 9.64. The lowest BCUT2D eigenvalue weighted by atomic mass is 9.99. The normalized spacial score (nSPS) is 21.1. The van der Waals surface area contributed by atoms with E-state index in [0.717, 1.165) is 11.3 Å². The molecule has 0 bridgehead atoms. The molecule has 7 heteroatoms. The van der Waals surface area contributed by atoms with Gasteiger partial charge in [0.2, 0.25) is 15.9 Å². The molecule has 136 valence electrons. The Labute approximate surface area is 157 Å². The summed E-state index contributed by atoms with van der Waals surface area (Å²) in [5, 5.41) is 2.82. The molecule has 2 aromatic carbocycles. The number of hydrogen-bond acceptors (Lipinski definition) is 4. The van der Waals surface area contributed by atoms with Crippen LogP contribution in [0.4, 0.5) is 5.69 Å². The maximum atomic E-state index is 13.1. The summed E-state index contributed by atoms with van der Waals surface area (Å²) in [7, 11) is -3.57. The van der Waals surface area contributed by atoms with Crippen LogP contribution in [0.2, 0.25) is 0 Å². The first-order valence-corrected chi connectivity index (χ1v) is 11.1. The van der Waals surface area contributed by atoms with Crippen molar-refractivity contribution in [2.24, 2.45) is 0 Å². The Bertz CT molecular complexity index is 929. The van der Waals surface area contributed by atoms with Crippen molar-refractivity contribution in [3.05, 3.63) is 54.1 Å². The fourth-order valence-corrected chi connectivity index (χ4v) is 5.92. The predicted octanol–water partition coefficient (Wildman–Crippen LogP) is 3.30. The third-order valence-electron chi connectivity index (χ3n) is 4.87. The Hall–Kier alpha value is -1.83. The Morgan fingerprint density at radius 1 is 1.12 bits per heavy atom. The first-order chi connectivity index (χ1) is 12.5. The molecule has 0 aliphatic carbocycles. The van der Waals surface area contributed by atoms with Crippen LogP contribution in [0.15, 0.2) is 58.3 Å². The van der Waals surface area contributed by atoms with Gasteiger partial charge >= 0.3 is 0 Å². The number of anilines is 1. The van der Waals surface area contributed by atoms with E-state index in [1.54, 1.807) is 34.3 Å². The lowest BCUT2D eigenvalue weighted by Gasteiger charge is -2.18. The van der Waals surface area contributed by atoms with Crippen LogP contribution in [0.1, 0.15) is 24.3 Å². The monoisotopic (exact) mass is 388 g/mol. The Morgan fingerprint density at radius 3 is 2.73 bits per heavy atom. The van der Waals surface area contributed by atoms with Crippen molar-refractivity contribution in [3.63, 3.8) is 0 Å². The SMILES string of the molecule is O=C1CCSc2ccc(S(=O)(=O)N3CC[C@@H](c4ccccc4)C3)cc2N1. The zero-order valence-corrected chi connectivity index (χ0v) is 15.9. The van der Waals surface area contributed by atoms with Gasteiger partial charge in [-0.05, 0) is 36.1 Å². The largest absolute Gasteiger partial charge is 0.325 e. The minimum absolute atomic E-state index is 0.0730. The van der Waals surface area contributed by atoms with Gasteiger partial charge in [-0.2, -0.15) is 4.31 Å². The average Bonchev–Trinajstić information content (AvgIpc) is 3.07. The summed E-state index contributed by atoms with van der Waals surface area (Å²) in [4.78, 5) is 12.9. The van der Waals surface area contributed by atoms with Gasteiger partial charge in [0.05, 0.1) is 10.6 Å². The van der Waals surface area contributed by atoms with Gasteiger partial charge in [-0.15, -0.1) is 11.8 Å². The van der Waals surface area contributed by atoms with E-state index >= 15 is 0 Å². The number of fused-ring (bicyclic) bond motifs is 1. The van der Waals surface area contributed by atoms with Crippen molar-refractivity contribution in [2.45, 2.75) is 28.6 Å². The second-order valence-electron chi connectivity index (χ2n) is 6.56. The highest BCUT2D eigenvalue weighted by Gasteiger charge is 2.33. The van der Waals surface area contributed by atoms with Crippen molar-refractivity contribution >= 4 is 33.4 Å². The zero-order chi connectivity index (χ0) is 18.1. The summed E-state index contributed by atoms with van der Waals surface area (Å²) in [5.41, 5.74) is 1.77. The summed E-state index contributed by atoms with van der Waals surface area (Å²) < 4.78 is 27.7. The molecule has 1 N–H and O–H groups in total. The van der Waals surface area contributed by atoms with Crippen LogP contribution in [0.25, 0.3) is 0 Å². The molecule has 1 amide bonds. The van der Waals surface area contributed by atoms with E-state index < -0.39 is 10.0 Å². The first kappa shape index (κ1) is 17.6. The number of carbonyl (C=O) groups is 1. The van der Waals surface area contributed by atoms with E-state index in [2.05, 4.69) is 17.4 Å². The van der Waals surface area contributed by atoms with Crippen LogP contribution in [0, 0.1) is 0 Å². The van der Waals surface area contributed by atoms with Crippen molar-refractivity contribution in [1.82, 2.24) is 4.31 Å². The van der Waals surface area contributed by atoms with E-state index in [1.165, 1.54) is 5.56 Å². The average molecular weight is 389 g/mol. The predicted molar refractivity (Wildman–Crippen MR) is 103 cm³/mol. The van der Waals surface area contributed by atoms with Gasteiger partial charge in [0.15, 0.2) is 0 Å². The van der Waals surface area contributed by atoms with Gasteiger partial charge in [0, 0.05) is 30.2 Å². The van der Waals surface area contributed by atoms with Crippen LogP contribution in [0.5, 0.6) is 0 Å². The zero-order valence-electron chi connectivity index (χ0n) is 14.2. The fourth-order valence-electron chi connectivity index (χ4n) is 3.45. The van der Waals surface area contributed by atoms with E-state index in [4.69, 9.17) is 0 Å². The smallest absolute Gasteiger partial charge is 0.243 e. The minimum Gasteiger partial charge on any atom is -0.325 e. The van der Waals surface area contributed by atoms with E-state index in [1.807, 2.05) is 18.2 Å². The molecule has 2 heterocycles. The highest BCUT2D eigenvalue weighted by Crippen LogP contribution is 2.35. The molecule has 1 fully saturated rings. The van der Waals surface area contributed by atoms with E-state index in [0.29, 0.717) is 31.0 Å². The van der Waals surface area contributed by atoms with E-state index in [9.17, 15) is 13.2 Å². The number of thioether (sulfide) groups is 1. The number of carbonyl (C=O) groups excluding carboxylic acids is 1. The molecule has 1 atom stereocenters. The summed E-state index contributed by atoms with van der Waals surface area (Å²) in [6, 6.07) is 15.1. The third kappa shape index (κ3) is 3.39. The standard InChI is InChI=1S/C19H20N2O3S2/c22-19-9-11-25-18-7-6-16(12-17(18)20-19)26(23,24)21-10-8-15(13-21)14-4-2-1-3-5-14/h1-7,12,15H,8-11,13H2,(H,20,22)/t15-/m1/s1. The van der Waals surface area contributed by atoms with Crippen molar-refractivity contribution in [2.75, 3.05) is 24.2 Å². The van der Waals surface area contributed by atoms with Gasteiger partial charge < -0.3 is 5.32 Å². The van der Waals surface area contributed by atoms with Gasteiger partial charge in [0.25, 0.3) is 0 Å². The maximum Gasteiger partial charge on any atom is 0.243 e. The molecule has 0 spiro atoms. The molecule has 5 nitrogen and oxygen atoms in total. The number of hydrogen-bond donors (Lipinski definition) is 1. The summed E-state index contributed by atoms with van der Waals surface area (Å²) in [6.07, 6.45) is 1.26. The van der Waals surface area contributed by atoms with Crippen LogP contribution < -0.4 is 5.32 Å². The van der Waals surface area contributed by atoms with E-state index in [-0.39, 0.29) is 16.7 Å². The van der Waals surface area contributed by atoms with Gasteiger partial charge in [-0.1, -0.05) is 30.3 Å². The Balaban J connectivity index is 1.58. The molecule has 4 rings (SSSR count). The number of nitrogens with zero attached hydrogens (tertiary/aromatic N) is 1. The summed E-state index contributed by atoms with van der Waals surface area (Å²) in [5.74, 6) is 0.855. The lowest BCUT2D eigenvalue weighted by Crippen LogP contribution is -2.28. The molecular formula is C19H20N2O3S2. The summed E-state index contributed by atoms with van der Waals surface area (Å²) >= 11 is 1.57. The highest BCUT2D eigenvalue weighted by atomic mass is 32.2.